The number of halogens is 2. The molecule has 1 heterocycles. The molecule has 0 bridgehead atoms. The van der Waals surface area contributed by atoms with Gasteiger partial charge in [-0.05, 0) is 61.1 Å². The van der Waals surface area contributed by atoms with Crippen LogP contribution >= 0.6 is 23.2 Å². The van der Waals surface area contributed by atoms with Gasteiger partial charge in [-0.2, -0.15) is 0 Å². The van der Waals surface area contributed by atoms with Crippen molar-refractivity contribution in [2.45, 2.75) is 31.4 Å². The first-order valence-corrected chi connectivity index (χ1v) is 9.67. The van der Waals surface area contributed by atoms with Crippen molar-refractivity contribution in [3.05, 3.63) is 69.7 Å². The predicted molar refractivity (Wildman–Crippen MR) is 103 cm³/mol. The lowest BCUT2D eigenvalue weighted by Gasteiger charge is -2.50. The summed E-state index contributed by atoms with van der Waals surface area (Å²) in [6, 6.07) is 15.4. The fraction of sp³-hybridized carbons (Fsp3) is 0.381. The van der Waals surface area contributed by atoms with Crippen LogP contribution in [0, 0.1) is 5.92 Å². The van der Waals surface area contributed by atoms with Crippen molar-refractivity contribution in [2.75, 3.05) is 13.2 Å². The van der Waals surface area contributed by atoms with E-state index < -0.39 is 5.54 Å². The van der Waals surface area contributed by atoms with Crippen molar-refractivity contribution in [1.82, 2.24) is 4.90 Å². The van der Waals surface area contributed by atoms with E-state index in [1.807, 2.05) is 53.4 Å². The lowest BCUT2D eigenvalue weighted by atomic mass is 9.79. The van der Waals surface area contributed by atoms with Crippen LogP contribution in [0.1, 0.15) is 37.0 Å². The number of benzene rings is 2. The minimum atomic E-state index is -0.618. The number of hydrogen-bond donors (Lipinski definition) is 0. The fourth-order valence-corrected chi connectivity index (χ4v) is 4.16. The van der Waals surface area contributed by atoms with Crippen LogP contribution in [0.5, 0.6) is 0 Å². The molecule has 1 unspecified atom stereocenters. The highest BCUT2D eigenvalue weighted by atomic mass is 35.5. The Hall–Kier alpha value is -1.55. The summed E-state index contributed by atoms with van der Waals surface area (Å²) in [5.74, 6) is 0.622. The maximum absolute atomic E-state index is 12.8. The Morgan fingerprint density at radius 1 is 1.12 bits per heavy atom. The Labute approximate surface area is 163 Å². The zero-order valence-electron chi connectivity index (χ0n) is 14.6. The van der Waals surface area contributed by atoms with Crippen LogP contribution in [-0.4, -0.2) is 24.0 Å². The van der Waals surface area contributed by atoms with Gasteiger partial charge in [-0.25, -0.2) is 0 Å². The first-order chi connectivity index (χ1) is 12.5. The van der Waals surface area contributed by atoms with Crippen LogP contribution in [0.3, 0.4) is 0 Å². The van der Waals surface area contributed by atoms with Crippen molar-refractivity contribution in [3.63, 3.8) is 0 Å². The van der Waals surface area contributed by atoms with Crippen LogP contribution in [0.2, 0.25) is 10.0 Å². The summed E-state index contributed by atoms with van der Waals surface area (Å²) in [6.07, 6.45) is 2.07. The smallest absolute Gasteiger partial charge is 0.249 e. The molecular weight excluding hydrogens is 369 g/mol. The Kier molecular flexibility index (Phi) is 4.72. The quantitative estimate of drug-likeness (QED) is 0.717. The van der Waals surface area contributed by atoms with Gasteiger partial charge in [0.05, 0.1) is 5.54 Å². The molecule has 5 heteroatoms. The molecule has 2 aromatic rings. The molecule has 2 aliphatic rings. The number of carbonyl (C=O) groups is 1. The van der Waals surface area contributed by atoms with Crippen molar-refractivity contribution in [3.8, 4) is 0 Å². The van der Waals surface area contributed by atoms with Crippen molar-refractivity contribution < 1.29 is 9.53 Å². The molecule has 2 fully saturated rings. The van der Waals surface area contributed by atoms with Gasteiger partial charge in [-0.1, -0.05) is 47.5 Å². The summed E-state index contributed by atoms with van der Waals surface area (Å²) in [6.45, 7) is 2.94. The van der Waals surface area contributed by atoms with E-state index in [1.54, 1.807) is 0 Å². The highest BCUT2D eigenvalue weighted by Crippen LogP contribution is 2.47. The maximum atomic E-state index is 12.8. The summed E-state index contributed by atoms with van der Waals surface area (Å²) in [7, 11) is 0. The van der Waals surface area contributed by atoms with Gasteiger partial charge >= 0.3 is 0 Å². The van der Waals surface area contributed by atoms with E-state index in [2.05, 4.69) is 6.92 Å². The first-order valence-electron chi connectivity index (χ1n) is 8.92. The summed E-state index contributed by atoms with van der Waals surface area (Å²) < 4.78 is 6.08. The van der Waals surface area contributed by atoms with Crippen LogP contribution in [0.15, 0.2) is 48.5 Å². The zero-order chi connectivity index (χ0) is 18.3. The van der Waals surface area contributed by atoms with Crippen LogP contribution in [0.4, 0.5) is 0 Å². The van der Waals surface area contributed by atoms with E-state index in [0.29, 0.717) is 16.0 Å². The normalized spacial score (nSPS) is 26.2. The topological polar surface area (TPSA) is 29.5 Å². The Morgan fingerprint density at radius 2 is 1.85 bits per heavy atom. The number of rotatable bonds is 4. The second kappa shape index (κ2) is 6.88. The molecule has 1 amide bonds. The standard InChI is InChI=1S/C21H21Cl2NO2/c1-21(16-7-9-17(22)10-8-16)20(15-3-2-4-18(23)11-15)26-13-19(25)24(21)12-14-5-6-14/h2-4,7-11,14,20H,5-6,12-13H2,1H3/t20?,21-/m1/s1. The van der Waals surface area contributed by atoms with Crippen molar-refractivity contribution in [1.29, 1.82) is 0 Å². The number of amides is 1. The van der Waals surface area contributed by atoms with Gasteiger partial charge in [0, 0.05) is 16.6 Å². The van der Waals surface area contributed by atoms with Crippen LogP contribution in [0.25, 0.3) is 0 Å². The second-order valence-corrected chi connectivity index (χ2v) is 8.22. The molecule has 0 spiro atoms. The van der Waals surface area contributed by atoms with Gasteiger partial charge in [-0.15, -0.1) is 0 Å². The zero-order valence-corrected chi connectivity index (χ0v) is 16.1. The van der Waals surface area contributed by atoms with E-state index in [4.69, 9.17) is 27.9 Å². The van der Waals surface area contributed by atoms with Crippen molar-refractivity contribution in [2.24, 2.45) is 5.92 Å². The number of carbonyl (C=O) groups excluding carboxylic acids is 1. The molecule has 1 aliphatic carbocycles. The molecule has 1 saturated carbocycles. The fourth-order valence-electron chi connectivity index (χ4n) is 3.83. The molecule has 136 valence electrons. The van der Waals surface area contributed by atoms with E-state index in [1.165, 1.54) is 12.8 Å². The van der Waals surface area contributed by atoms with E-state index >= 15 is 0 Å². The van der Waals surface area contributed by atoms with Gasteiger partial charge in [0.1, 0.15) is 12.7 Å². The van der Waals surface area contributed by atoms with E-state index in [0.717, 1.165) is 17.7 Å². The molecule has 3 nitrogen and oxygen atoms in total. The minimum absolute atomic E-state index is 0.0348. The highest BCUT2D eigenvalue weighted by Gasteiger charge is 2.50. The molecule has 0 N–H and O–H groups in total. The largest absolute Gasteiger partial charge is 0.361 e. The minimum Gasteiger partial charge on any atom is -0.361 e. The lowest BCUT2D eigenvalue weighted by molar-refractivity contribution is -0.174. The summed E-state index contributed by atoms with van der Waals surface area (Å²) >= 11 is 12.3. The third-order valence-corrected chi connectivity index (χ3v) is 5.95. The van der Waals surface area contributed by atoms with Gasteiger partial charge in [0.2, 0.25) is 5.91 Å². The monoisotopic (exact) mass is 389 g/mol. The summed E-state index contributed by atoms with van der Waals surface area (Å²) in [4.78, 5) is 14.8. The molecule has 0 radical (unpaired) electrons. The Balaban J connectivity index is 1.82. The van der Waals surface area contributed by atoms with E-state index in [-0.39, 0.29) is 18.6 Å². The number of morpholine rings is 1. The van der Waals surface area contributed by atoms with Crippen LogP contribution in [-0.2, 0) is 15.1 Å². The van der Waals surface area contributed by atoms with Gasteiger partial charge in [-0.3, -0.25) is 4.79 Å². The highest BCUT2D eigenvalue weighted by molar-refractivity contribution is 6.30. The summed E-state index contributed by atoms with van der Waals surface area (Å²) in [5, 5.41) is 1.34. The third kappa shape index (κ3) is 3.24. The maximum Gasteiger partial charge on any atom is 0.249 e. The number of ether oxygens (including phenoxy) is 1. The molecule has 0 aromatic heterocycles. The molecule has 2 atom stereocenters. The Bertz CT molecular complexity index is 819. The first kappa shape index (κ1) is 17.8. The van der Waals surface area contributed by atoms with Gasteiger partial charge < -0.3 is 9.64 Å². The summed E-state index contributed by atoms with van der Waals surface area (Å²) in [5.41, 5.74) is 1.37. The third-order valence-electron chi connectivity index (χ3n) is 5.46. The molecule has 26 heavy (non-hydrogen) atoms. The molecular formula is C21H21Cl2NO2. The van der Waals surface area contributed by atoms with Crippen LogP contribution < -0.4 is 0 Å². The van der Waals surface area contributed by atoms with Gasteiger partial charge in [0.15, 0.2) is 0 Å². The van der Waals surface area contributed by atoms with E-state index in [9.17, 15) is 4.79 Å². The van der Waals surface area contributed by atoms with Gasteiger partial charge in [0.25, 0.3) is 0 Å². The molecule has 2 aromatic carbocycles. The average molecular weight is 390 g/mol. The SMILES string of the molecule is C[C@@]1(c2ccc(Cl)cc2)C(c2cccc(Cl)c2)OCC(=O)N1CC1CC1. The Morgan fingerprint density at radius 3 is 2.50 bits per heavy atom. The number of hydrogen-bond acceptors (Lipinski definition) is 2. The average Bonchev–Trinajstić information content (AvgIpc) is 3.43. The number of nitrogens with zero attached hydrogens (tertiary/aromatic N) is 1. The lowest BCUT2D eigenvalue weighted by Crippen LogP contribution is -2.57. The molecule has 1 saturated heterocycles. The van der Waals surface area contributed by atoms with Crippen molar-refractivity contribution >= 4 is 29.1 Å². The predicted octanol–water partition coefficient (Wildman–Crippen LogP) is 5.22. The molecule has 1 aliphatic heterocycles. The second-order valence-electron chi connectivity index (χ2n) is 7.35. The molecule has 4 rings (SSSR count).